The maximum atomic E-state index is 9.71. The SMILES string of the molecule is CC(C)Cc1ccc(CN2C[C@@H]3[C@H](CO)[C@H]4CC[C@]3(C2)O4)cc1. The van der Waals surface area contributed by atoms with Gasteiger partial charge in [-0.15, -0.1) is 0 Å². The highest BCUT2D eigenvalue weighted by Gasteiger charge is 2.62. The first kappa shape index (κ1) is 15.6. The van der Waals surface area contributed by atoms with Gasteiger partial charge in [0.25, 0.3) is 0 Å². The van der Waals surface area contributed by atoms with Gasteiger partial charge in [0.15, 0.2) is 0 Å². The van der Waals surface area contributed by atoms with E-state index in [2.05, 4.69) is 43.0 Å². The Kier molecular flexibility index (Phi) is 3.99. The van der Waals surface area contributed by atoms with E-state index in [1.807, 2.05) is 0 Å². The molecule has 0 saturated carbocycles. The third-order valence-corrected chi connectivity index (χ3v) is 6.14. The fourth-order valence-electron chi connectivity index (χ4n) is 5.16. The summed E-state index contributed by atoms with van der Waals surface area (Å²) in [6.45, 7) is 7.94. The van der Waals surface area contributed by atoms with Crippen molar-refractivity contribution in [3.63, 3.8) is 0 Å². The van der Waals surface area contributed by atoms with E-state index in [1.54, 1.807) is 0 Å². The fraction of sp³-hybridized carbons (Fsp3) is 0.700. The molecule has 1 aromatic rings. The van der Waals surface area contributed by atoms with Gasteiger partial charge in [-0.3, -0.25) is 4.90 Å². The molecule has 4 atom stereocenters. The molecule has 1 spiro atoms. The maximum Gasteiger partial charge on any atom is 0.0858 e. The molecule has 1 N–H and O–H groups in total. The lowest BCUT2D eigenvalue weighted by atomic mass is 9.74. The number of benzene rings is 1. The fourth-order valence-corrected chi connectivity index (χ4v) is 5.16. The molecule has 3 nitrogen and oxygen atoms in total. The first-order valence-corrected chi connectivity index (χ1v) is 9.18. The quantitative estimate of drug-likeness (QED) is 0.907. The van der Waals surface area contributed by atoms with E-state index in [9.17, 15) is 5.11 Å². The summed E-state index contributed by atoms with van der Waals surface area (Å²) in [7, 11) is 0. The van der Waals surface area contributed by atoms with Crippen LogP contribution in [0.4, 0.5) is 0 Å². The first-order valence-electron chi connectivity index (χ1n) is 9.18. The average molecular weight is 315 g/mol. The van der Waals surface area contributed by atoms with Gasteiger partial charge >= 0.3 is 0 Å². The van der Waals surface area contributed by atoms with Crippen LogP contribution in [0.2, 0.25) is 0 Å². The molecule has 4 rings (SSSR count). The number of fused-ring (bicyclic) bond motifs is 1. The van der Waals surface area contributed by atoms with Gasteiger partial charge in [0.2, 0.25) is 0 Å². The Bertz CT molecular complexity index is 555. The molecule has 0 radical (unpaired) electrons. The van der Waals surface area contributed by atoms with E-state index in [4.69, 9.17) is 4.74 Å². The third kappa shape index (κ3) is 2.73. The number of aliphatic hydroxyl groups excluding tert-OH is 1. The lowest BCUT2D eigenvalue weighted by Gasteiger charge is -2.28. The van der Waals surface area contributed by atoms with Gasteiger partial charge < -0.3 is 9.84 Å². The Hall–Kier alpha value is -0.900. The predicted molar refractivity (Wildman–Crippen MR) is 91.2 cm³/mol. The van der Waals surface area contributed by atoms with Crippen molar-refractivity contribution in [1.82, 2.24) is 4.90 Å². The summed E-state index contributed by atoms with van der Waals surface area (Å²) >= 11 is 0. The van der Waals surface area contributed by atoms with Crippen LogP contribution in [0.3, 0.4) is 0 Å². The summed E-state index contributed by atoms with van der Waals surface area (Å²) in [5.41, 5.74) is 2.88. The molecule has 0 aliphatic carbocycles. The molecule has 0 aromatic heterocycles. The smallest absolute Gasteiger partial charge is 0.0858 e. The Morgan fingerprint density at radius 3 is 2.70 bits per heavy atom. The first-order chi connectivity index (χ1) is 11.1. The second kappa shape index (κ2) is 5.87. The minimum absolute atomic E-state index is 0.0512. The molecule has 23 heavy (non-hydrogen) atoms. The number of nitrogens with zero attached hydrogens (tertiary/aromatic N) is 1. The number of hydrogen-bond donors (Lipinski definition) is 1. The van der Waals surface area contributed by atoms with Crippen molar-refractivity contribution in [3.05, 3.63) is 35.4 Å². The molecule has 126 valence electrons. The molecule has 3 aliphatic rings. The topological polar surface area (TPSA) is 32.7 Å². The summed E-state index contributed by atoms with van der Waals surface area (Å²) < 4.78 is 6.32. The van der Waals surface area contributed by atoms with Crippen molar-refractivity contribution < 1.29 is 9.84 Å². The molecule has 0 unspecified atom stereocenters. The number of aliphatic hydroxyl groups is 1. The van der Waals surface area contributed by atoms with Crippen LogP contribution in [0.1, 0.15) is 37.8 Å². The van der Waals surface area contributed by atoms with Crippen LogP contribution >= 0.6 is 0 Å². The Labute approximate surface area is 139 Å². The van der Waals surface area contributed by atoms with E-state index in [0.717, 1.165) is 32.5 Å². The van der Waals surface area contributed by atoms with E-state index >= 15 is 0 Å². The van der Waals surface area contributed by atoms with Crippen molar-refractivity contribution in [1.29, 1.82) is 0 Å². The summed E-state index contributed by atoms with van der Waals surface area (Å²) in [4.78, 5) is 2.53. The van der Waals surface area contributed by atoms with Crippen LogP contribution in [-0.4, -0.2) is 41.4 Å². The summed E-state index contributed by atoms with van der Waals surface area (Å²) in [6, 6.07) is 9.13. The highest BCUT2D eigenvalue weighted by atomic mass is 16.5. The largest absolute Gasteiger partial charge is 0.396 e. The van der Waals surface area contributed by atoms with Gasteiger partial charge in [-0.05, 0) is 36.3 Å². The molecule has 2 bridgehead atoms. The molecule has 3 aliphatic heterocycles. The molecular weight excluding hydrogens is 286 g/mol. The number of hydrogen-bond acceptors (Lipinski definition) is 3. The van der Waals surface area contributed by atoms with Crippen molar-refractivity contribution in [3.8, 4) is 0 Å². The van der Waals surface area contributed by atoms with Crippen LogP contribution in [0.25, 0.3) is 0 Å². The summed E-state index contributed by atoms with van der Waals surface area (Å²) in [5, 5.41) is 9.71. The van der Waals surface area contributed by atoms with Crippen molar-refractivity contribution in [2.75, 3.05) is 19.7 Å². The minimum Gasteiger partial charge on any atom is -0.396 e. The Morgan fingerprint density at radius 2 is 2.00 bits per heavy atom. The molecular formula is C20H29NO2. The van der Waals surface area contributed by atoms with Gasteiger partial charge in [0.1, 0.15) is 0 Å². The molecule has 3 saturated heterocycles. The monoisotopic (exact) mass is 315 g/mol. The van der Waals surface area contributed by atoms with Gasteiger partial charge in [-0.2, -0.15) is 0 Å². The molecule has 1 aromatic carbocycles. The van der Waals surface area contributed by atoms with Crippen molar-refractivity contribution in [2.45, 2.75) is 51.4 Å². The van der Waals surface area contributed by atoms with Crippen LogP contribution in [0.5, 0.6) is 0 Å². The second-order valence-corrected chi connectivity index (χ2v) is 8.30. The average Bonchev–Trinajstić information content (AvgIpc) is 3.15. The molecule has 3 fully saturated rings. The highest BCUT2D eigenvalue weighted by Crippen LogP contribution is 2.54. The zero-order valence-electron chi connectivity index (χ0n) is 14.4. The van der Waals surface area contributed by atoms with Crippen LogP contribution in [-0.2, 0) is 17.7 Å². The lowest BCUT2D eigenvalue weighted by molar-refractivity contribution is 0.000381. The number of ether oxygens (including phenoxy) is 1. The van der Waals surface area contributed by atoms with E-state index < -0.39 is 0 Å². The zero-order chi connectivity index (χ0) is 16.0. The van der Waals surface area contributed by atoms with Crippen LogP contribution in [0, 0.1) is 17.8 Å². The van der Waals surface area contributed by atoms with E-state index in [0.29, 0.717) is 23.9 Å². The Morgan fingerprint density at radius 1 is 1.26 bits per heavy atom. The summed E-state index contributed by atoms with van der Waals surface area (Å²) in [6.07, 6.45) is 3.80. The second-order valence-electron chi connectivity index (χ2n) is 8.30. The highest BCUT2D eigenvalue weighted by molar-refractivity contribution is 5.23. The van der Waals surface area contributed by atoms with Gasteiger partial charge in [0.05, 0.1) is 11.7 Å². The lowest BCUT2D eigenvalue weighted by Crippen LogP contribution is -2.37. The third-order valence-electron chi connectivity index (χ3n) is 6.14. The minimum atomic E-state index is 0.0512. The van der Waals surface area contributed by atoms with Crippen LogP contribution < -0.4 is 0 Å². The standard InChI is InChI=1S/C20H29NO2/c1-14(2)9-15-3-5-16(6-4-15)10-21-11-18-17(12-22)19-7-8-20(18,13-21)23-19/h3-6,14,17-19,22H,7-13H2,1-2H3/t17-,18+,19+,20+/m0/s1. The number of rotatable bonds is 5. The molecule has 0 amide bonds. The number of likely N-dealkylation sites (tertiary alicyclic amines) is 1. The van der Waals surface area contributed by atoms with Crippen molar-refractivity contribution >= 4 is 0 Å². The van der Waals surface area contributed by atoms with Crippen LogP contribution in [0.15, 0.2) is 24.3 Å². The predicted octanol–water partition coefficient (Wildman–Crippen LogP) is 2.86. The molecule has 3 heterocycles. The Balaban J connectivity index is 1.41. The normalized spacial score (nSPS) is 36.1. The zero-order valence-corrected chi connectivity index (χ0v) is 14.4. The summed E-state index contributed by atoms with van der Waals surface area (Å²) in [5.74, 6) is 1.61. The van der Waals surface area contributed by atoms with Gasteiger partial charge in [0, 0.05) is 38.1 Å². The van der Waals surface area contributed by atoms with E-state index in [-0.39, 0.29) is 12.2 Å². The maximum absolute atomic E-state index is 9.71. The van der Waals surface area contributed by atoms with Crippen molar-refractivity contribution in [2.24, 2.45) is 17.8 Å². The van der Waals surface area contributed by atoms with Gasteiger partial charge in [-0.25, -0.2) is 0 Å². The van der Waals surface area contributed by atoms with E-state index in [1.165, 1.54) is 17.5 Å². The molecule has 3 heteroatoms. The van der Waals surface area contributed by atoms with Gasteiger partial charge in [-0.1, -0.05) is 38.1 Å².